The van der Waals surface area contributed by atoms with Crippen molar-refractivity contribution < 1.29 is 23.5 Å². The van der Waals surface area contributed by atoms with Crippen molar-refractivity contribution in [3.05, 3.63) is 69.6 Å². The van der Waals surface area contributed by atoms with Gasteiger partial charge in [-0.25, -0.2) is 4.79 Å². The van der Waals surface area contributed by atoms with Crippen LogP contribution in [0.4, 0.5) is 0 Å². The number of aryl methyl sites for hydroxylation is 1. The van der Waals surface area contributed by atoms with Gasteiger partial charge in [-0.05, 0) is 92.0 Å². The van der Waals surface area contributed by atoms with Crippen LogP contribution in [0.3, 0.4) is 0 Å². The standard InChI is InChI=1S/C32H34O6/c1-17-16-37-26-10-5-19(13-23(26)29(17)35)30(36)38-27-15-32(4)24(18(2)33)8-9-25(32)22-7-6-20-14-21(34)11-12-31(20,3)28(22)27/h5-7,10,13-14,16,22,24-25,27-28H,8-9,11-12,15H2,1-4H3/t22-,24+,25-,27-,28-,31+,32+/m0/s1. The largest absolute Gasteiger partial charge is 0.464 e. The molecule has 0 bridgehead atoms. The van der Waals surface area contributed by atoms with Crippen molar-refractivity contribution in [1.29, 1.82) is 0 Å². The van der Waals surface area contributed by atoms with Gasteiger partial charge in [-0.15, -0.1) is 0 Å². The Kier molecular flexibility index (Phi) is 5.68. The number of rotatable bonds is 3. The highest BCUT2D eigenvalue weighted by molar-refractivity contribution is 5.94. The maximum Gasteiger partial charge on any atom is 0.338 e. The van der Waals surface area contributed by atoms with Gasteiger partial charge in [-0.2, -0.15) is 0 Å². The maximum atomic E-state index is 13.6. The number of hydrogen-bond donors (Lipinski definition) is 0. The molecule has 0 amide bonds. The van der Waals surface area contributed by atoms with Crippen LogP contribution in [-0.4, -0.2) is 23.6 Å². The molecule has 198 valence electrons. The lowest BCUT2D eigenvalue weighted by Gasteiger charge is -2.58. The molecule has 0 saturated heterocycles. The van der Waals surface area contributed by atoms with E-state index < -0.39 is 12.1 Å². The van der Waals surface area contributed by atoms with E-state index in [2.05, 4.69) is 26.0 Å². The van der Waals surface area contributed by atoms with Crippen LogP contribution < -0.4 is 5.43 Å². The van der Waals surface area contributed by atoms with Gasteiger partial charge in [0.15, 0.2) is 11.2 Å². The molecular weight excluding hydrogens is 480 g/mol. The molecule has 38 heavy (non-hydrogen) atoms. The van der Waals surface area contributed by atoms with Gasteiger partial charge in [0.05, 0.1) is 17.2 Å². The first kappa shape index (κ1) is 25.0. The first-order valence-corrected chi connectivity index (χ1v) is 13.7. The van der Waals surface area contributed by atoms with E-state index in [4.69, 9.17) is 9.15 Å². The molecule has 6 nitrogen and oxygen atoms in total. The molecule has 2 aromatic rings. The fraction of sp³-hybridized carbons (Fsp3) is 0.500. The fourth-order valence-electron chi connectivity index (χ4n) is 8.43. The normalized spacial score (nSPS) is 35.7. The summed E-state index contributed by atoms with van der Waals surface area (Å²) in [6.07, 6.45) is 10.7. The lowest BCUT2D eigenvalue weighted by Crippen LogP contribution is -2.56. The smallest absolute Gasteiger partial charge is 0.338 e. The van der Waals surface area contributed by atoms with Crippen LogP contribution in [0.5, 0.6) is 0 Å². The van der Waals surface area contributed by atoms with Gasteiger partial charge in [-0.3, -0.25) is 14.4 Å². The van der Waals surface area contributed by atoms with Crippen molar-refractivity contribution >= 4 is 28.5 Å². The second-order valence-electron chi connectivity index (χ2n) is 12.4. The third-order valence-corrected chi connectivity index (χ3v) is 10.4. The highest BCUT2D eigenvalue weighted by atomic mass is 16.5. The predicted octanol–water partition coefficient (Wildman–Crippen LogP) is 5.75. The number of Topliss-reactive ketones (excluding diaryl/α,β-unsaturated/α-hetero) is 1. The van der Waals surface area contributed by atoms with Gasteiger partial charge >= 0.3 is 5.97 Å². The molecule has 0 unspecified atom stereocenters. The first-order valence-electron chi connectivity index (χ1n) is 13.7. The number of hydrogen-bond acceptors (Lipinski definition) is 6. The molecule has 0 spiro atoms. The Morgan fingerprint density at radius 3 is 2.68 bits per heavy atom. The number of carbonyl (C=O) groups excluding carboxylic acids is 3. The fourth-order valence-corrected chi connectivity index (χ4v) is 8.43. The molecular formula is C32H34O6. The van der Waals surface area contributed by atoms with Crippen LogP contribution in [0.25, 0.3) is 11.0 Å². The average Bonchev–Trinajstić information content (AvgIpc) is 3.23. The predicted molar refractivity (Wildman–Crippen MR) is 143 cm³/mol. The molecule has 0 N–H and O–H groups in total. The Labute approximate surface area is 222 Å². The van der Waals surface area contributed by atoms with E-state index in [0.717, 1.165) is 18.4 Å². The van der Waals surface area contributed by atoms with Crippen molar-refractivity contribution in [2.24, 2.45) is 34.5 Å². The van der Waals surface area contributed by atoms with Crippen molar-refractivity contribution in [1.82, 2.24) is 0 Å². The summed E-state index contributed by atoms with van der Waals surface area (Å²) in [5.41, 5.74) is 1.48. The zero-order valence-electron chi connectivity index (χ0n) is 22.4. The van der Waals surface area contributed by atoms with Gasteiger partial charge in [0, 0.05) is 23.8 Å². The molecule has 4 aliphatic carbocycles. The Morgan fingerprint density at radius 2 is 1.92 bits per heavy atom. The van der Waals surface area contributed by atoms with Crippen molar-refractivity contribution in [2.75, 3.05) is 0 Å². The van der Waals surface area contributed by atoms with Gasteiger partial charge < -0.3 is 9.15 Å². The summed E-state index contributed by atoms with van der Waals surface area (Å²) in [7, 11) is 0. The first-order chi connectivity index (χ1) is 18.0. The second-order valence-corrected chi connectivity index (χ2v) is 12.4. The van der Waals surface area contributed by atoms with Crippen LogP contribution in [-0.2, 0) is 14.3 Å². The van der Waals surface area contributed by atoms with Gasteiger partial charge in [0.1, 0.15) is 17.5 Å². The van der Waals surface area contributed by atoms with Crippen LogP contribution in [0.15, 0.2) is 57.5 Å². The Hall–Kier alpha value is -3.28. The minimum atomic E-state index is -0.480. The third kappa shape index (κ3) is 3.59. The summed E-state index contributed by atoms with van der Waals surface area (Å²) in [5, 5.41) is 0.351. The van der Waals surface area contributed by atoms with Gasteiger partial charge in [0.2, 0.25) is 0 Å². The number of fused-ring (bicyclic) bond motifs is 6. The Balaban J connectivity index is 1.42. The maximum absolute atomic E-state index is 13.6. The monoisotopic (exact) mass is 514 g/mol. The molecule has 0 aliphatic heterocycles. The van der Waals surface area contributed by atoms with Gasteiger partial charge in [-0.1, -0.05) is 26.0 Å². The van der Waals surface area contributed by atoms with E-state index in [1.54, 1.807) is 38.1 Å². The van der Waals surface area contributed by atoms with Crippen molar-refractivity contribution in [3.63, 3.8) is 0 Å². The zero-order chi connectivity index (χ0) is 27.0. The van der Waals surface area contributed by atoms with Crippen LogP contribution >= 0.6 is 0 Å². The SMILES string of the molecule is CC(=O)[C@H]1CC[C@H]2[C@@H]3C=CC4=CC(=O)CC[C@@]4(C)[C@@H]3[C@@H](OC(=O)c3ccc4occ(C)c(=O)c4c3)C[C@]12C. The molecule has 4 aliphatic rings. The van der Waals surface area contributed by atoms with E-state index in [9.17, 15) is 19.2 Å². The molecule has 1 heterocycles. The number of esters is 1. The molecule has 2 saturated carbocycles. The highest BCUT2D eigenvalue weighted by Gasteiger charge is 2.63. The molecule has 1 aromatic heterocycles. The van der Waals surface area contributed by atoms with Gasteiger partial charge in [0.25, 0.3) is 0 Å². The van der Waals surface area contributed by atoms with Crippen LogP contribution in [0.1, 0.15) is 68.8 Å². The number of ketones is 2. The number of carbonyl (C=O) groups is 3. The Bertz CT molecular complexity index is 1490. The minimum Gasteiger partial charge on any atom is -0.464 e. The van der Waals surface area contributed by atoms with Crippen LogP contribution in [0.2, 0.25) is 0 Å². The molecule has 6 rings (SSSR count). The summed E-state index contributed by atoms with van der Waals surface area (Å²) in [4.78, 5) is 51.4. The number of benzene rings is 1. The van der Waals surface area contributed by atoms with E-state index >= 15 is 0 Å². The second kappa shape index (κ2) is 8.62. The van der Waals surface area contributed by atoms with Crippen LogP contribution in [0, 0.1) is 41.4 Å². The molecule has 7 atom stereocenters. The summed E-state index contributed by atoms with van der Waals surface area (Å²) in [5.74, 6) is 0.268. The van der Waals surface area contributed by atoms with E-state index in [0.29, 0.717) is 47.3 Å². The topological polar surface area (TPSA) is 90.7 Å². The van der Waals surface area contributed by atoms with E-state index in [1.807, 2.05) is 0 Å². The van der Waals surface area contributed by atoms with E-state index in [-0.39, 0.29) is 45.6 Å². The number of allylic oxidation sites excluding steroid dienone is 4. The average molecular weight is 515 g/mol. The van der Waals surface area contributed by atoms with Crippen molar-refractivity contribution in [2.45, 2.75) is 65.9 Å². The van der Waals surface area contributed by atoms with Crippen molar-refractivity contribution in [3.8, 4) is 0 Å². The summed E-state index contributed by atoms with van der Waals surface area (Å²) >= 11 is 0. The lowest BCUT2D eigenvalue weighted by molar-refractivity contribution is -0.135. The lowest BCUT2D eigenvalue weighted by atomic mass is 9.47. The summed E-state index contributed by atoms with van der Waals surface area (Å²) < 4.78 is 11.9. The molecule has 2 fully saturated rings. The zero-order valence-corrected chi connectivity index (χ0v) is 22.4. The summed E-state index contributed by atoms with van der Waals surface area (Å²) in [6.45, 7) is 7.76. The highest BCUT2D eigenvalue weighted by Crippen LogP contribution is 2.65. The molecule has 0 radical (unpaired) electrons. The summed E-state index contributed by atoms with van der Waals surface area (Å²) in [6, 6.07) is 4.83. The quantitative estimate of drug-likeness (QED) is 0.485. The number of ether oxygens (including phenoxy) is 1. The Morgan fingerprint density at radius 1 is 1.13 bits per heavy atom. The minimum absolute atomic E-state index is 0.00681. The van der Waals surface area contributed by atoms with E-state index in [1.165, 1.54) is 6.26 Å². The molecule has 6 heteroatoms. The third-order valence-electron chi connectivity index (χ3n) is 10.4. The molecule has 1 aromatic carbocycles.